The summed E-state index contributed by atoms with van der Waals surface area (Å²) in [5, 5.41) is 9.49. The van der Waals surface area contributed by atoms with Crippen molar-refractivity contribution >= 4 is 15.9 Å². The van der Waals surface area contributed by atoms with Gasteiger partial charge in [-0.25, -0.2) is 0 Å². The van der Waals surface area contributed by atoms with Gasteiger partial charge in [-0.05, 0) is 47.3 Å². The predicted molar refractivity (Wildman–Crippen MR) is 66.2 cm³/mol. The molecule has 0 saturated carbocycles. The van der Waals surface area contributed by atoms with Crippen molar-refractivity contribution in [2.24, 2.45) is 5.41 Å². The first-order chi connectivity index (χ1) is 8.22. The van der Waals surface area contributed by atoms with E-state index in [1.807, 2.05) is 12.1 Å². The minimum atomic E-state index is -0.344. The van der Waals surface area contributed by atoms with Crippen LogP contribution in [0.1, 0.15) is 25.0 Å². The van der Waals surface area contributed by atoms with Gasteiger partial charge in [0.2, 0.25) is 0 Å². The molecule has 0 radical (unpaired) electrons. The van der Waals surface area contributed by atoms with E-state index in [0.717, 1.165) is 29.4 Å². The molecule has 0 N–H and O–H groups in total. The second-order valence-corrected chi connectivity index (χ2v) is 5.86. The van der Waals surface area contributed by atoms with Crippen LogP contribution in [0.25, 0.3) is 0 Å². The Bertz CT molecular complexity index is 467. The summed E-state index contributed by atoms with van der Waals surface area (Å²) in [4.78, 5) is 4.36. The van der Waals surface area contributed by atoms with Gasteiger partial charge in [-0.3, -0.25) is 4.98 Å². The van der Waals surface area contributed by atoms with Crippen LogP contribution >= 0.6 is 15.9 Å². The largest absolute Gasteiger partial charge is 0.373 e. The zero-order valence-corrected chi connectivity index (χ0v) is 11.0. The molecule has 88 valence electrons. The van der Waals surface area contributed by atoms with Gasteiger partial charge in [0.05, 0.1) is 23.7 Å². The van der Waals surface area contributed by atoms with Crippen molar-refractivity contribution in [3.63, 3.8) is 0 Å². The predicted octanol–water partition coefficient (Wildman–Crippen LogP) is 2.85. The van der Waals surface area contributed by atoms with Gasteiger partial charge in [0.15, 0.2) is 0 Å². The minimum absolute atomic E-state index is 0.114. The summed E-state index contributed by atoms with van der Waals surface area (Å²) in [6.07, 6.45) is 5.91. The van der Waals surface area contributed by atoms with Crippen molar-refractivity contribution in [2.75, 3.05) is 0 Å². The van der Waals surface area contributed by atoms with Crippen molar-refractivity contribution in [3.8, 4) is 6.07 Å². The summed E-state index contributed by atoms with van der Waals surface area (Å²) in [5.41, 5.74) is 0.634. The Labute approximate surface area is 109 Å². The molecule has 2 saturated heterocycles. The van der Waals surface area contributed by atoms with Crippen LogP contribution in [0.4, 0.5) is 0 Å². The highest BCUT2D eigenvalue weighted by molar-refractivity contribution is 9.10. The summed E-state index contributed by atoms with van der Waals surface area (Å²) in [6.45, 7) is 0. The summed E-state index contributed by atoms with van der Waals surface area (Å²) in [6, 6.07) is 6.45. The van der Waals surface area contributed by atoms with Gasteiger partial charge in [-0.2, -0.15) is 5.26 Å². The van der Waals surface area contributed by atoms with E-state index in [9.17, 15) is 5.26 Å². The second kappa shape index (κ2) is 4.08. The Balaban J connectivity index is 1.84. The van der Waals surface area contributed by atoms with Gasteiger partial charge in [-0.15, -0.1) is 0 Å². The van der Waals surface area contributed by atoms with Crippen molar-refractivity contribution in [3.05, 3.63) is 28.5 Å². The number of halogens is 1. The lowest BCUT2D eigenvalue weighted by molar-refractivity contribution is 0.0785. The van der Waals surface area contributed by atoms with Gasteiger partial charge in [0.1, 0.15) is 0 Å². The first kappa shape index (κ1) is 11.2. The highest BCUT2D eigenvalue weighted by Crippen LogP contribution is 2.49. The summed E-state index contributed by atoms with van der Waals surface area (Å²) in [7, 11) is 0. The van der Waals surface area contributed by atoms with E-state index in [2.05, 4.69) is 27.0 Å². The van der Waals surface area contributed by atoms with Crippen molar-refractivity contribution in [2.45, 2.75) is 37.9 Å². The fourth-order valence-corrected chi connectivity index (χ4v) is 3.21. The summed E-state index contributed by atoms with van der Waals surface area (Å²) < 4.78 is 6.78. The standard InChI is InChI=1S/C13H13BrN2O/c14-9-1-2-10(16-7-9)5-13(8-15)6-11-3-4-12(13)17-11/h1-2,7,11-12H,3-6H2. The Kier molecular flexibility index (Phi) is 2.68. The molecule has 0 amide bonds. The van der Waals surface area contributed by atoms with Crippen LogP contribution in [0.3, 0.4) is 0 Å². The maximum atomic E-state index is 9.49. The lowest BCUT2D eigenvalue weighted by Crippen LogP contribution is -2.33. The van der Waals surface area contributed by atoms with Gasteiger partial charge >= 0.3 is 0 Å². The molecule has 17 heavy (non-hydrogen) atoms. The van der Waals surface area contributed by atoms with E-state index in [1.54, 1.807) is 6.20 Å². The number of aromatic nitrogens is 1. The molecular weight excluding hydrogens is 280 g/mol. The highest BCUT2D eigenvalue weighted by atomic mass is 79.9. The molecule has 3 rings (SSSR count). The normalized spacial score (nSPS) is 34.8. The molecule has 2 aliphatic rings. The number of pyridine rings is 1. The Hall–Kier alpha value is -0.920. The number of hydrogen-bond acceptors (Lipinski definition) is 3. The zero-order chi connectivity index (χ0) is 11.9. The van der Waals surface area contributed by atoms with Crippen LogP contribution in [0.5, 0.6) is 0 Å². The minimum Gasteiger partial charge on any atom is -0.373 e. The van der Waals surface area contributed by atoms with E-state index in [0.29, 0.717) is 12.5 Å². The molecule has 4 heteroatoms. The van der Waals surface area contributed by atoms with Crippen molar-refractivity contribution in [1.82, 2.24) is 4.98 Å². The van der Waals surface area contributed by atoms with Crippen LogP contribution in [0.2, 0.25) is 0 Å². The zero-order valence-electron chi connectivity index (χ0n) is 9.40. The lowest BCUT2D eigenvalue weighted by Gasteiger charge is -2.27. The van der Waals surface area contributed by atoms with Crippen molar-refractivity contribution in [1.29, 1.82) is 5.26 Å². The van der Waals surface area contributed by atoms with Crippen LogP contribution in [0.15, 0.2) is 22.8 Å². The fourth-order valence-electron chi connectivity index (χ4n) is 2.98. The number of nitriles is 1. The third kappa shape index (κ3) is 1.88. The van der Waals surface area contributed by atoms with E-state index in [-0.39, 0.29) is 11.5 Å². The van der Waals surface area contributed by atoms with Crippen LogP contribution in [-0.4, -0.2) is 17.2 Å². The summed E-state index contributed by atoms with van der Waals surface area (Å²) >= 11 is 3.37. The van der Waals surface area contributed by atoms with Crippen LogP contribution in [0, 0.1) is 16.7 Å². The number of rotatable bonds is 2. The van der Waals surface area contributed by atoms with Gasteiger partial charge in [-0.1, -0.05) is 0 Å². The van der Waals surface area contributed by atoms with E-state index in [4.69, 9.17) is 4.74 Å². The van der Waals surface area contributed by atoms with Crippen LogP contribution in [-0.2, 0) is 11.2 Å². The quantitative estimate of drug-likeness (QED) is 0.842. The molecule has 3 heterocycles. The lowest BCUT2D eigenvalue weighted by atomic mass is 9.72. The Morgan fingerprint density at radius 2 is 2.41 bits per heavy atom. The molecule has 1 aromatic heterocycles. The maximum Gasteiger partial charge on any atom is 0.0914 e. The maximum absolute atomic E-state index is 9.49. The molecule has 3 unspecified atom stereocenters. The molecule has 0 aromatic carbocycles. The smallest absolute Gasteiger partial charge is 0.0914 e. The van der Waals surface area contributed by atoms with Gasteiger partial charge < -0.3 is 4.74 Å². The van der Waals surface area contributed by atoms with Gasteiger partial charge in [0.25, 0.3) is 0 Å². The molecule has 3 atom stereocenters. The third-order valence-corrected chi connectivity index (χ3v) is 4.29. The monoisotopic (exact) mass is 292 g/mol. The van der Waals surface area contributed by atoms with E-state index < -0.39 is 0 Å². The topological polar surface area (TPSA) is 45.9 Å². The average Bonchev–Trinajstić information content (AvgIpc) is 2.93. The van der Waals surface area contributed by atoms with Crippen LogP contribution < -0.4 is 0 Å². The first-order valence-corrected chi connectivity index (χ1v) is 6.68. The molecule has 2 bridgehead atoms. The summed E-state index contributed by atoms with van der Waals surface area (Å²) in [5.74, 6) is 0. The molecule has 0 spiro atoms. The Morgan fingerprint density at radius 1 is 1.53 bits per heavy atom. The fraction of sp³-hybridized carbons (Fsp3) is 0.538. The molecule has 2 aliphatic heterocycles. The number of ether oxygens (including phenoxy) is 1. The number of fused-ring (bicyclic) bond motifs is 2. The average molecular weight is 293 g/mol. The molecular formula is C13H13BrN2O. The van der Waals surface area contributed by atoms with Crippen molar-refractivity contribution < 1.29 is 4.74 Å². The molecule has 2 fully saturated rings. The van der Waals surface area contributed by atoms with Gasteiger partial charge in [0, 0.05) is 22.8 Å². The Morgan fingerprint density at radius 3 is 2.94 bits per heavy atom. The number of hydrogen-bond donors (Lipinski definition) is 0. The molecule has 1 aromatic rings. The molecule has 3 nitrogen and oxygen atoms in total. The van der Waals surface area contributed by atoms with E-state index in [1.165, 1.54) is 0 Å². The molecule has 0 aliphatic carbocycles. The SMILES string of the molecule is N#CC1(Cc2ccc(Br)cn2)CC2CCC1O2. The third-order valence-electron chi connectivity index (χ3n) is 3.82. The van der Waals surface area contributed by atoms with E-state index >= 15 is 0 Å². The second-order valence-electron chi connectivity index (χ2n) is 4.94. The number of nitrogens with zero attached hydrogens (tertiary/aromatic N) is 2. The first-order valence-electron chi connectivity index (χ1n) is 5.89. The highest BCUT2D eigenvalue weighted by Gasteiger charge is 2.52.